The molecule has 3 saturated heterocycles. The van der Waals surface area contributed by atoms with Crippen LogP contribution in [0.4, 0.5) is 0 Å². The van der Waals surface area contributed by atoms with Crippen LogP contribution in [0, 0.1) is 11.8 Å². The molecule has 0 radical (unpaired) electrons. The van der Waals surface area contributed by atoms with Gasteiger partial charge in [-0.25, -0.2) is 0 Å². The van der Waals surface area contributed by atoms with Crippen molar-refractivity contribution in [3.8, 4) is 0 Å². The van der Waals surface area contributed by atoms with Gasteiger partial charge in [-0.15, -0.1) is 0 Å². The maximum atomic E-state index is 12.9. The summed E-state index contributed by atoms with van der Waals surface area (Å²) in [4.78, 5) is 19.6. The van der Waals surface area contributed by atoms with Gasteiger partial charge < -0.3 is 9.73 Å². The summed E-state index contributed by atoms with van der Waals surface area (Å²) in [5.74, 6) is 1.32. The van der Waals surface area contributed by atoms with Crippen LogP contribution in [0.2, 0.25) is 0 Å². The zero-order valence-corrected chi connectivity index (χ0v) is 15.2. The number of fused-ring (bicyclic) bond motifs is 4. The summed E-state index contributed by atoms with van der Waals surface area (Å²) in [7, 11) is 0. The summed E-state index contributed by atoms with van der Waals surface area (Å²) in [6.07, 6.45) is 7.17. The van der Waals surface area contributed by atoms with Crippen molar-refractivity contribution in [2.75, 3.05) is 13.1 Å². The molecule has 5 heterocycles. The Labute approximate surface area is 158 Å². The Morgan fingerprint density at radius 3 is 2.81 bits per heavy atom. The highest BCUT2D eigenvalue weighted by Crippen LogP contribution is 2.38. The molecule has 3 aromatic rings. The van der Waals surface area contributed by atoms with Gasteiger partial charge in [-0.3, -0.25) is 14.7 Å². The lowest BCUT2D eigenvalue weighted by Gasteiger charge is -2.51. The second-order valence-corrected chi connectivity index (χ2v) is 7.67. The number of hydrogen-bond acceptors (Lipinski definition) is 4. The zero-order chi connectivity index (χ0) is 18.2. The number of pyridine rings is 1. The summed E-state index contributed by atoms with van der Waals surface area (Å²) >= 11 is 0. The van der Waals surface area contributed by atoms with E-state index in [1.54, 1.807) is 6.20 Å². The Balaban J connectivity index is 1.38. The van der Waals surface area contributed by atoms with E-state index in [2.05, 4.69) is 21.3 Å². The standard InChI is InChI=1S/C22H23N3O2/c26-22(20-13-17-5-1-2-6-19(17)27-20)24-21-18(12-15-4-3-9-23-14-15)16-7-10-25(21)11-8-16/h1-6,9,13-14,16,18,21H,7-8,10-12H2,(H,24,26)/t18-,21-/m1/s1. The fourth-order valence-corrected chi connectivity index (χ4v) is 4.72. The van der Waals surface area contributed by atoms with Crippen LogP contribution in [0.1, 0.15) is 29.0 Å². The molecule has 2 bridgehead atoms. The summed E-state index contributed by atoms with van der Waals surface area (Å²) < 4.78 is 5.76. The minimum atomic E-state index is -0.125. The molecule has 0 saturated carbocycles. The summed E-state index contributed by atoms with van der Waals surface area (Å²) in [6, 6.07) is 13.7. The van der Waals surface area contributed by atoms with Crippen LogP contribution in [0.15, 0.2) is 59.3 Å². The van der Waals surface area contributed by atoms with Crippen molar-refractivity contribution in [1.82, 2.24) is 15.2 Å². The van der Waals surface area contributed by atoms with E-state index in [0.717, 1.165) is 30.5 Å². The second kappa shape index (κ2) is 6.82. The molecule has 1 amide bonds. The van der Waals surface area contributed by atoms with Crippen LogP contribution in [-0.2, 0) is 6.42 Å². The first-order valence-corrected chi connectivity index (χ1v) is 9.70. The van der Waals surface area contributed by atoms with E-state index in [9.17, 15) is 4.79 Å². The maximum absolute atomic E-state index is 12.9. The van der Waals surface area contributed by atoms with E-state index in [4.69, 9.17) is 4.42 Å². The highest BCUT2D eigenvalue weighted by Gasteiger charge is 2.43. The van der Waals surface area contributed by atoms with Gasteiger partial charge in [0.25, 0.3) is 5.91 Å². The zero-order valence-electron chi connectivity index (χ0n) is 15.2. The van der Waals surface area contributed by atoms with Gasteiger partial charge in [0.1, 0.15) is 5.58 Å². The van der Waals surface area contributed by atoms with Crippen LogP contribution in [0.3, 0.4) is 0 Å². The molecule has 5 heteroatoms. The number of furan rings is 1. The van der Waals surface area contributed by atoms with Crippen molar-refractivity contribution in [2.45, 2.75) is 25.4 Å². The van der Waals surface area contributed by atoms with E-state index >= 15 is 0 Å². The Hall–Kier alpha value is -2.66. The van der Waals surface area contributed by atoms with Gasteiger partial charge in [0.05, 0.1) is 6.17 Å². The molecule has 0 spiro atoms. The number of amides is 1. The van der Waals surface area contributed by atoms with Crippen LogP contribution in [0.25, 0.3) is 11.0 Å². The lowest BCUT2D eigenvalue weighted by molar-refractivity contribution is -0.0238. The molecule has 2 aromatic heterocycles. The van der Waals surface area contributed by atoms with Crippen LogP contribution >= 0.6 is 0 Å². The summed E-state index contributed by atoms with van der Waals surface area (Å²) in [6.45, 7) is 2.11. The molecular weight excluding hydrogens is 338 g/mol. The third-order valence-corrected chi connectivity index (χ3v) is 6.10. The Morgan fingerprint density at radius 1 is 1.19 bits per heavy atom. The maximum Gasteiger partial charge on any atom is 0.288 e. The Morgan fingerprint density at radius 2 is 2.04 bits per heavy atom. The van der Waals surface area contributed by atoms with E-state index in [1.165, 1.54) is 18.4 Å². The van der Waals surface area contributed by atoms with Gasteiger partial charge >= 0.3 is 0 Å². The van der Waals surface area contributed by atoms with E-state index in [1.807, 2.05) is 42.6 Å². The highest BCUT2D eigenvalue weighted by molar-refractivity contribution is 5.96. The third-order valence-electron chi connectivity index (χ3n) is 6.10. The fourth-order valence-electron chi connectivity index (χ4n) is 4.72. The lowest BCUT2D eigenvalue weighted by Crippen LogP contribution is -2.62. The van der Waals surface area contributed by atoms with Gasteiger partial charge in [0.2, 0.25) is 0 Å². The first-order valence-electron chi connectivity index (χ1n) is 9.70. The SMILES string of the molecule is O=C(N[C@H]1[C@H](Cc2cccnc2)C2CCN1CC2)c1cc2ccccc2o1. The fraction of sp³-hybridized carbons (Fsp3) is 0.364. The quantitative estimate of drug-likeness (QED) is 0.773. The van der Waals surface area contributed by atoms with Gasteiger partial charge in [-0.2, -0.15) is 0 Å². The van der Waals surface area contributed by atoms with Crippen molar-refractivity contribution in [3.05, 3.63) is 66.2 Å². The van der Waals surface area contributed by atoms with E-state index < -0.39 is 0 Å². The normalized spacial score (nSPS) is 27.0. The number of benzene rings is 1. The molecule has 3 aliphatic rings. The summed E-state index contributed by atoms with van der Waals surface area (Å²) in [5, 5.41) is 4.23. The number of nitrogens with one attached hydrogen (secondary N) is 1. The number of nitrogens with zero attached hydrogens (tertiary/aromatic N) is 2. The van der Waals surface area contributed by atoms with E-state index in [-0.39, 0.29) is 12.1 Å². The average molecular weight is 361 g/mol. The van der Waals surface area contributed by atoms with Gasteiger partial charge in [0.15, 0.2) is 5.76 Å². The minimum Gasteiger partial charge on any atom is -0.451 e. The molecule has 3 aliphatic heterocycles. The molecule has 0 unspecified atom stereocenters. The molecule has 6 rings (SSSR count). The van der Waals surface area contributed by atoms with Crippen molar-refractivity contribution < 1.29 is 9.21 Å². The molecule has 27 heavy (non-hydrogen) atoms. The smallest absolute Gasteiger partial charge is 0.288 e. The molecule has 1 N–H and O–H groups in total. The Bertz CT molecular complexity index is 911. The van der Waals surface area contributed by atoms with Gasteiger partial charge in [-0.05, 0) is 54.9 Å². The predicted octanol–water partition coefficient (Wildman–Crippen LogP) is 3.47. The molecule has 2 atom stereocenters. The Kier molecular flexibility index (Phi) is 4.17. The highest BCUT2D eigenvalue weighted by atomic mass is 16.3. The third kappa shape index (κ3) is 3.12. The van der Waals surface area contributed by atoms with Crippen LogP contribution in [0.5, 0.6) is 0 Å². The number of carbonyl (C=O) groups is 1. The van der Waals surface area contributed by atoms with Gasteiger partial charge in [-0.1, -0.05) is 24.3 Å². The number of para-hydroxylation sites is 1. The number of rotatable bonds is 4. The van der Waals surface area contributed by atoms with Crippen molar-refractivity contribution in [1.29, 1.82) is 0 Å². The predicted molar refractivity (Wildman–Crippen MR) is 103 cm³/mol. The van der Waals surface area contributed by atoms with Crippen LogP contribution in [-0.4, -0.2) is 35.0 Å². The number of carbonyl (C=O) groups excluding carboxylic acids is 1. The summed E-state index contributed by atoms with van der Waals surface area (Å²) in [5.41, 5.74) is 1.99. The molecule has 3 fully saturated rings. The topological polar surface area (TPSA) is 58.4 Å². The van der Waals surface area contributed by atoms with E-state index in [0.29, 0.717) is 17.6 Å². The average Bonchev–Trinajstić information content (AvgIpc) is 3.16. The first kappa shape index (κ1) is 16.5. The monoisotopic (exact) mass is 361 g/mol. The molecule has 0 aliphatic carbocycles. The van der Waals surface area contributed by atoms with Crippen molar-refractivity contribution in [2.24, 2.45) is 11.8 Å². The van der Waals surface area contributed by atoms with Crippen molar-refractivity contribution >= 4 is 16.9 Å². The van der Waals surface area contributed by atoms with Crippen molar-refractivity contribution in [3.63, 3.8) is 0 Å². The van der Waals surface area contributed by atoms with Crippen LogP contribution < -0.4 is 5.32 Å². The number of hydrogen-bond donors (Lipinski definition) is 1. The number of aromatic nitrogens is 1. The lowest BCUT2D eigenvalue weighted by atomic mass is 9.74. The molecule has 5 nitrogen and oxygen atoms in total. The molecule has 138 valence electrons. The largest absolute Gasteiger partial charge is 0.451 e. The number of piperidine rings is 3. The molecule has 1 aromatic carbocycles. The second-order valence-electron chi connectivity index (χ2n) is 7.67. The molecular formula is C22H23N3O2. The van der Waals surface area contributed by atoms with Gasteiger partial charge in [0, 0.05) is 30.9 Å². The first-order chi connectivity index (χ1) is 13.3. The minimum absolute atomic E-state index is 0.0541.